The van der Waals surface area contributed by atoms with Crippen molar-refractivity contribution in [2.45, 2.75) is 12.7 Å². The van der Waals surface area contributed by atoms with Crippen LogP contribution >= 0.6 is 0 Å². The van der Waals surface area contributed by atoms with Crippen LogP contribution in [0.15, 0.2) is 65.1 Å². The van der Waals surface area contributed by atoms with Gasteiger partial charge in [0.2, 0.25) is 0 Å². The Morgan fingerprint density at radius 3 is 2.51 bits per heavy atom. The van der Waals surface area contributed by atoms with Crippen LogP contribution < -0.4 is 5.73 Å². The molecule has 0 unspecified atom stereocenters. The number of nitrogens with two attached hydrogens (primary N) is 1. The molecular weight excluding hydrogens is 459 g/mol. The van der Waals surface area contributed by atoms with Crippen molar-refractivity contribution >= 4 is 22.6 Å². The standard InChI is InChI=1S/C25H22F3N5O2/c26-25(27,28)17-5-3-4-16(14-17)20-8-9-21(35-20)24(34)33-12-10-32(11-13-33)15-22-30-19-7-2-1-6-18(19)23(29)31-22/h1-9,14H,10-13,15H2,(H2,29,30,31). The van der Waals surface area contributed by atoms with E-state index in [1.807, 2.05) is 24.3 Å². The molecule has 2 aromatic carbocycles. The van der Waals surface area contributed by atoms with Gasteiger partial charge in [-0.15, -0.1) is 0 Å². The molecule has 180 valence electrons. The van der Waals surface area contributed by atoms with Gasteiger partial charge >= 0.3 is 6.18 Å². The predicted molar refractivity (Wildman–Crippen MR) is 124 cm³/mol. The molecule has 5 rings (SSSR count). The maximum absolute atomic E-state index is 13.0. The van der Waals surface area contributed by atoms with Gasteiger partial charge in [0.05, 0.1) is 17.6 Å². The van der Waals surface area contributed by atoms with Crippen molar-refractivity contribution in [2.75, 3.05) is 31.9 Å². The van der Waals surface area contributed by atoms with Crippen molar-refractivity contribution in [1.82, 2.24) is 19.8 Å². The van der Waals surface area contributed by atoms with E-state index in [0.717, 1.165) is 23.0 Å². The van der Waals surface area contributed by atoms with Crippen LogP contribution in [0.1, 0.15) is 21.9 Å². The Labute approximate surface area is 199 Å². The van der Waals surface area contributed by atoms with Gasteiger partial charge in [0.15, 0.2) is 5.76 Å². The SMILES string of the molecule is Nc1nc(CN2CCN(C(=O)c3ccc(-c4cccc(C(F)(F)F)c4)o3)CC2)nc2ccccc12. The first-order valence-electron chi connectivity index (χ1n) is 11.1. The van der Waals surface area contributed by atoms with E-state index in [0.29, 0.717) is 44.4 Å². The van der Waals surface area contributed by atoms with Gasteiger partial charge in [-0.3, -0.25) is 9.69 Å². The Morgan fingerprint density at radius 2 is 1.74 bits per heavy atom. The number of halogens is 3. The average Bonchev–Trinajstić information content (AvgIpc) is 3.34. The molecule has 0 spiro atoms. The van der Waals surface area contributed by atoms with Crippen molar-refractivity contribution in [3.8, 4) is 11.3 Å². The molecular formula is C25H22F3N5O2. The number of amides is 1. The van der Waals surface area contributed by atoms with Crippen molar-refractivity contribution in [1.29, 1.82) is 0 Å². The van der Waals surface area contributed by atoms with E-state index in [9.17, 15) is 18.0 Å². The van der Waals surface area contributed by atoms with Gasteiger partial charge in [-0.25, -0.2) is 9.97 Å². The van der Waals surface area contributed by atoms with Crippen molar-refractivity contribution in [2.24, 2.45) is 0 Å². The van der Waals surface area contributed by atoms with Gasteiger partial charge < -0.3 is 15.1 Å². The molecule has 7 nitrogen and oxygen atoms in total. The molecule has 2 aromatic heterocycles. The minimum absolute atomic E-state index is 0.0940. The number of aromatic nitrogens is 2. The zero-order chi connectivity index (χ0) is 24.6. The molecule has 0 bridgehead atoms. The van der Waals surface area contributed by atoms with E-state index >= 15 is 0 Å². The Hall–Kier alpha value is -3.92. The van der Waals surface area contributed by atoms with Crippen LogP contribution in [0.4, 0.5) is 19.0 Å². The number of benzene rings is 2. The number of anilines is 1. The molecule has 0 radical (unpaired) electrons. The van der Waals surface area contributed by atoms with Crippen molar-refractivity contribution in [3.63, 3.8) is 0 Å². The van der Waals surface area contributed by atoms with Crippen molar-refractivity contribution in [3.05, 3.63) is 77.8 Å². The minimum atomic E-state index is -4.45. The van der Waals surface area contributed by atoms with Crippen LogP contribution in [-0.4, -0.2) is 51.9 Å². The number of hydrogen-bond donors (Lipinski definition) is 1. The minimum Gasteiger partial charge on any atom is -0.451 e. The Bertz CT molecular complexity index is 1380. The Kier molecular flexibility index (Phi) is 5.89. The summed E-state index contributed by atoms with van der Waals surface area (Å²) in [4.78, 5) is 25.7. The molecule has 2 N–H and O–H groups in total. The number of furan rings is 1. The number of rotatable bonds is 4. The van der Waals surface area contributed by atoms with Crippen LogP contribution in [0.25, 0.3) is 22.2 Å². The number of piperazine rings is 1. The normalized spacial score (nSPS) is 15.0. The first-order chi connectivity index (χ1) is 16.8. The fourth-order valence-corrected chi connectivity index (χ4v) is 4.14. The first-order valence-corrected chi connectivity index (χ1v) is 11.1. The topological polar surface area (TPSA) is 88.5 Å². The highest BCUT2D eigenvalue weighted by atomic mass is 19.4. The summed E-state index contributed by atoms with van der Waals surface area (Å²) in [6.07, 6.45) is -4.45. The van der Waals surface area contributed by atoms with E-state index in [1.54, 1.807) is 4.90 Å². The second kappa shape index (κ2) is 9.03. The summed E-state index contributed by atoms with van der Waals surface area (Å²) < 4.78 is 44.6. The summed E-state index contributed by atoms with van der Waals surface area (Å²) >= 11 is 0. The third-order valence-electron chi connectivity index (χ3n) is 5.99. The second-order valence-electron chi connectivity index (χ2n) is 8.35. The average molecular weight is 481 g/mol. The number of hydrogen-bond acceptors (Lipinski definition) is 6. The summed E-state index contributed by atoms with van der Waals surface area (Å²) in [5, 5.41) is 0.814. The van der Waals surface area contributed by atoms with Crippen LogP contribution in [-0.2, 0) is 12.7 Å². The zero-order valence-electron chi connectivity index (χ0n) is 18.6. The monoisotopic (exact) mass is 481 g/mol. The smallest absolute Gasteiger partial charge is 0.416 e. The number of para-hydroxylation sites is 1. The molecule has 10 heteroatoms. The van der Waals surface area contributed by atoms with E-state index in [1.165, 1.54) is 24.3 Å². The van der Waals surface area contributed by atoms with Gasteiger partial charge in [0.25, 0.3) is 5.91 Å². The number of alkyl halides is 3. The number of nitrogens with zero attached hydrogens (tertiary/aromatic N) is 4. The first kappa shape index (κ1) is 22.9. The lowest BCUT2D eigenvalue weighted by Crippen LogP contribution is -2.48. The van der Waals surface area contributed by atoms with E-state index in [4.69, 9.17) is 10.2 Å². The number of fused-ring (bicyclic) bond motifs is 1. The highest BCUT2D eigenvalue weighted by molar-refractivity contribution is 5.92. The number of carbonyl (C=O) groups excluding carboxylic acids is 1. The molecule has 1 aliphatic heterocycles. The molecule has 4 aromatic rings. The molecule has 1 saturated heterocycles. The largest absolute Gasteiger partial charge is 0.451 e. The summed E-state index contributed by atoms with van der Waals surface area (Å²) in [6.45, 7) is 2.69. The van der Waals surface area contributed by atoms with Crippen LogP contribution in [0.5, 0.6) is 0 Å². The molecule has 1 amide bonds. The molecule has 0 atom stereocenters. The van der Waals surface area contributed by atoms with Gasteiger partial charge in [0, 0.05) is 37.1 Å². The summed E-state index contributed by atoms with van der Waals surface area (Å²) in [5.74, 6) is 1.07. The highest BCUT2D eigenvalue weighted by Crippen LogP contribution is 2.33. The van der Waals surface area contributed by atoms with Crippen LogP contribution in [0.3, 0.4) is 0 Å². The van der Waals surface area contributed by atoms with E-state index < -0.39 is 11.7 Å². The van der Waals surface area contributed by atoms with Crippen molar-refractivity contribution < 1.29 is 22.4 Å². The summed E-state index contributed by atoms with van der Waals surface area (Å²) in [6, 6.07) is 15.4. The lowest BCUT2D eigenvalue weighted by molar-refractivity contribution is -0.137. The fraction of sp³-hybridized carbons (Fsp3) is 0.240. The lowest BCUT2D eigenvalue weighted by Gasteiger charge is -2.33. The van der Waals surface area contributed by atoms with Gasteiger partial charge in [0.1, 0.15) is 17.4 Å². The second-order valence-corrected chi connectivity index (χ2v) is 8.35. The number of carbonyl (C=O) groups is 1. The molecule has 0 saturated carbocycles. The predicted octanol–water partition coefficient (Wildman–Crippen LogP) is 4.45. The highest BCUT2D eigenvalue weighted by Gasteiger charge is 2.31. The molecule has 1 fully saturated rings. The fourth-order valence-electron chi connectivity index (χ4n) is 4.14. The van der Waals surface area contributed by atoms with Gasteiger partial charge in [-0.2, -0.15) is 13.2 Å². The quantitative estimate of drug-likeness (QED) is 0.463. The van der Waals surface area contributed by atoms with Gasteiger partial charge in [-0.1, -0.05) is 24.3 Å². The molecule has 3 heterocycles. The molecule has 35 heavy (non-hydrogen) atoms. The van der Waals surface area contributed by atoms with E-state index in [2.05, 4.69) is 14.9 Å². The Morgan fingerprint density at radius 1 is 0.971 bits per heavy atom. The van der Waals surface area contributed by atoms with Crippen LogP contribution in [0.2, 0.25) is 0 Å². The van der Waals surface area contributed by atoms with Gasteiger partial charge in [-0.05, 0) is 36.4 Å². The lowest BCUT2D eigenvalue weighted by atomic mass is 10.1. The molecule has 0 aliphatic carbocycles. The zero-order valence-corrected chi connectivity index (χ0v) is 18.6. The molecule has 1 aliphatic rings. The number of nitrogen functional groups attached to an aromatic ring is 1. The third-order valence-corrected chi connectivity index (χ3v) is 5.99. The third kappa shape index (κ3) is 4.83. The van der Waals surface area contributed by atoms with E-state index in [-0.39, 0.29) is 23.0 Å². The maximum Gasteiger partial charge on any atom is 0.416 e. The Balaban J connectivity index is 1.22. The maximum atomic E-state index is 13.0. The summed E-state index contributed by atoms with van der Waals surface area (Å²) in [5.41, 5.74) is 6.35. The summed E-state index contributed by atoms with van der Waals surface area (Å²) in [7, 11) is 0. The van der Waals surface area contributed by atoms with Crippen LogP contribution in [0, 0.1) is 0 Å².